The Morgan fingerprint density at radius 1 is 1.30 bits per heavy atom. The molecular formula is C16H24FN3. The summed E-state index contributed by atoms with van der Waals surface area (Å²) in [6.45, 7) is 2.94. The van der Waals surface area contributed by atoms with Crippen LogP contribution in [0, 0.1) is 5.82 Å². The van der Waals surface area contributed by atoms with Gasteiger partial charge >= 0.3 is 0 Å². The van der Waals surface area contributed by atoms with Crippen molar-refractivity contribution in [1.82, 2.24) is 0 Å². The average molecular weight is 277 g/mol. The predicted octanol–water partition coefficient (Wildman–Crippen LogP) is 3.69. The summed E-state index contributed by atoms with van der Waals surface area (Å²) in [5.41, 5.74) is 6.76. The van der Waals surface area contributed by atoms with Crippen LogP contribution in [0.1, 0.15) is 45.4 Å². The van der Waals surface area contributed by atoms with Crippen molar-refractivity contribution in [2.24, 2.45) is 10.7 Å². The molecule has 1 atom stereocenters. The maximum Gasteiger partial charge on any atom is 0.196 e. The molecule has 0 bridgehead atoms. The van der Waals surface area contributed by atoms with E-state index in [1.54, 1.807) is 6.07 Å². The second-order valence-electron chi connectivity index (χ2n) is 5.41. The van der Waals surface area contributed by atoms with Crippen LogP contribution < -0.4 is 10.6 Å². The lowest BCUT2D eigenvalue weighted by Gasteiger charge is -2.26. The third kappa shape index (κ3) is 3.71. The van der Waals surface area contributed by atoms with E-state index in [1.807, 2.05) is 11.0 Å². The number of aliphatic imine (C=N–C) groups is 1. The summed E-state index contributed by atoms with van der Waals surface area (Å²) in [6, 6.07) is 6.86. The molecule has 2 N–H and O–H groups in total. The van der Waals surface area contributed by atoms with Crippen LogP contribution in [0.2, 0.25) is 0 Å². The summed E-state index contributed by atoms with van der Waals surface area (Å²) in [6.07, 6.45) is 7.34. The molecule has 0 spiro atoms. The minimum Gasteiger partial charge on any atom is -0.370 e. The number of hydrogen-bond donors (Lipinski definition) is 1. The van der Waals surface area contributed by atoms with Crippen LogP contribution in [-0.4, -0.2) is 18.5 Å². The topological polar surface area (TPSA) is 41.6 Å². The highest BCUT2D eigenvalue weighted by atomic mass is 19.1. The van der Waals surface area contributed by atoms with Gasteiger partial charge in [0.2, 0.25) is 0 Å². The second kappa shape index (κ2) is 7.27. The van der Waals surface area contributed by atoms with Gasteiger partial charge in [-0.1, -0.05) is 45.1 Å². The minimum absolute atomic E-state index is 0.233. The third-order valence-electron chi connectivity index (χ3n) is 3.80. The first-order valence-electron chi connectivity index (χ1n) is 7.57. The van der Waals surface area contributed by atoms with E-state index in [0.29, 0.717) is 5.96 Å². The van der Waals surface area contributed by atoms with Gasteiger partial charge in [0.05, 0.1) is 12.6 Å². The number of benzene rings is 1. The molecule has 0 saturated carbocycles. The molecule has 0 aromatic heterocycles. The summed E-state index contributed by atoms with van der Waals surface area (Å²) in [7, 11) is 0. The lowest BCUT2D eigenvalue weighted by molar-refractivity contribution is 0.554. The Kier molecular flexibility index (Phi) is 5.39. The summed E-state index contributed by atoms with van der Waals surface area (Å²) >= 11 is 0. The molecule has 110 valence electrons. The van der Waals surface area contributed by atoms with Crippen molar-refractivity contribution >= 4 is 11.6 Å². The molecule has 1 aromatic rings. The van der Waals surface area contributed by atoms with Gasteiger partial charge in [-0.2, -0.15) is 0 Å². The summed E-state index contributed by atoms with van der Waals surface area (Å²) in [4.78, 5) is 6.29. The highest BCUT2D eigenvalue weighted by Gasteiger charge is 2.26. The van der Waals surface area contributed by atoms with Crippen LogP contribution in [0.3, 0.4) is 0 Å². The Hall–Kier alpha value is -1.58. The number of anilines is 1. The largest absolute Gasteiger partial charge is 0.370 e. The van der Waals surface area contributed by atoms with Gasteiger partial charge in [0.1, 0.15) is 5.82 Å². The van der Waals surface area contributed by atoms with E-state index in [1.165, 1.54) is 44.2 Å². The fraction of sp³-hybridized carbons (Fsp3) is 0.562. The van der Waals surface area contributed by atoms with Crippen molar-refractivity contribution < 1.29 is 4.39 Å². The van der Waals surface area contributed by atoms with Crippen molar-refractivity contribution in [3.63, 3.8) is 0 Å². The Morgan fingerprint density at radius 3 is 2.85 bits per heavy atom. The Labute approximate surface area is 120 Å². The first-order valence-corrected chi connectivity index (χ1v) is 7.57. The number of unbranched alkanes of at least 4 members (excludes halogenated alkanes) is 4. The maximum absolute atomic E-state index is 13.4. The van der Waals surface area contributed by atoms with Gasteiger partial charge in [0, 0.05) is 5.69 Å². The van der Waals surface area contributed by atoms with Gasteiger partial charge in [-0.15, -0.1) is 0 Å². The third-order valence-corrected chi connectivity index (χ3v) is 3.80. The van der Waals surface area contributed by atoms with Gasteiger partial charge < -0.3 is 10.6 Å². The van der Waals surface area contributed by atoms with Crippen LogP contribution in [0.25, 0.3) is 0 Å². The van der Waals surface area contributed by atoms with E-state index in [4.69, 9.17) is 5.73 Å². The number of hydrogen-bond acceptors (Lipinski definition) is 3. The normalized spacial score (nSPS) is 18.4. The Balaban J connectivity index is 1.93. The molecule has 4 heteroatoms. The number of rotatable bonds is 7. The van der Waals surface area contributed by atoms with E-state index in [2.05, 4.69) is 11.9 Å². The van der Waals surface area contributed by atoms with E-state index < -0.39 is 0 Å². The zero-order valence-electron chi connectivity index (χ0n) is 12.2. The highest BCUT2D eigenvalue weighted by molar-refractivity contribution is 5.97. The fourth-order valence-corrected chi connectivity index (χ4v) is 2.72. The van der Waals surface area contributed by atoms with Gasteiger partial charge in [-0.3, -0.25) is 4.99 Å². The summed E-state index contributed by atoms with van der Waals surface area (Å²) in [5.74, 6) is 0.276. The van der Waals surface area contributed by atoms with Crippen molar-refractivity contribution in [2.75, 3.05) is 11.4 Å². The molecule has 1 aromatic carbocycles. The van der Waals surface area contributed by atoms with Crippen molar-refractivity contribution in [2.45, 2.75) is 51.5 Å². The molecular weight excluding hydrogens is 253 g/mol. The summed E-state index contributed by atoms with van der Waals surface area (Å²) in [5, 5.41) is 0. The average Bonchev–Trinajstić information content (AvgIpc) is 2.80. The van der Waals surface area contributed by atoms with E-state index in [9.17, 15) is 4.39 Å². The van der Waals surface area contributed by atoms with Crippen LogP contribution in [0.5, 0.6) is 0 Å². The second-order valence-corrected chi connectivity index (χ2v) is 5.41. The quantitative estimate of drug-likeness (QED) is 0.772. The Morgan fingerprint density at radius 2 is 2.10 bits per heavy atom. The molecule has 0 amide bonds. The lowest BCUT2D eigenvalue weighted by Crippen LogP contribution is -2.40. The smallest absolute Gasteiger partial charge is 0.196 e. The van der Waals surface area contributed by atoms with Gasteiger partial charge in [-0.05, 0) is 24.6 Å². The van der Waals surface area contributed by atoms with E-state index >= 15 is 0 Å². The van der Waals surface area contributed by atoms with Crippen LogP contribution in [0.4, 0.5) is 10.1 Å². The predicted molar refractivity (Wildman–Crippen MR) is 82.5 cm³/mol. The molecule has 0 fully saturated rings. The summed E-state index contributed by atoms with van der Waals surface area (Å²) < 4.78 is 13.4. The molecule has 0 aliphatic carbocycles. The standard InChI is InChI=1S/C16H24FN3/c1-2-3-4-5-6-9-15-12-19-16(18)20(15)14-10-7-8-13(17)11-14/h7-8,10-11,15H,2-6,9,12H2,1H3,(H2,18,19). The molecule has 1 aliphatic rings. The van der Waals surface area contributed by atoms with Gasteiger partial charge in [-0.25, -0.2) is 4.39 Å². The lowest BCUT2D eigenvalue weighted by atomic mass is 10.1. The number of nitrogens with zero attached hydrogens (tertiary/aromatic N) is 2. The SMILES string of the molecule is CCCCCCCC1CN=C(N)N1c1cccc(F)c1. The first-order chi connectivity index (χ1) is 9.72. The minimum atomic E-state index is -0.233. The molecule has 2 rings (SSSR count). The van der Waals surface area contributed by atoms with Crippen LogP contribution in [0.15, 0.2) is 29.3 Å². The first kappa shape index (κ1) is 14.8. The molecule has 0 saturated heterocycles. The molecule has 20 heavy (non-hydrogen) atoms. The molecule has 1 aliphatic heterocycles. The fourth-order valence-electron chi connectivity index (χ4n) is 2.72. The zero-order chi connectivity index (χ0) is 14.4. The maximum atomic E-state index is 13.4. The van der Waals surface area contributed by atoms with E-state index in [0.717, 1.165) is 18.7 Å². The zero-order valence-corrected chi connectivity index (χ0v) is 12.2. The van der Waals surface area contributed by atoms with Gasteiger partial charge in [0.25, 0.3) is 0 Å². The number of halogens is 1. The van der Waals surface area contributed by atoms with E-state index in [-0.39, 0.29) is 11.9 Å². The van der Waals surface area contributed by atoms with Crippen molar-refractivity contribution in [3.05, 3.63) is 30.1 Å². The monoisotopic (exact) mass is 277 g/mol. The Bertz CT molecular complexity index is 459. The highest BCUT2D eigenvalue weighted by Crippen LogP contribution is 2.24. The van der Waals surface area contributed by atoms with Crippen LogP contribution >= 0.6 is 0 Å². The molecule has 1 heterocycles. The van der Waals surface area contributed by atoms with Gasteiger partial charge in [0.15, 0.2) is 5.96 Å². The molecule has 1 unspecified atom stereocenters. The van der Waals surface area contributed by atoms with Crippen molar-refractivity contribution in [3.8, 4) is 0 Å². The number of guanidine groups is 1. The number of nitrogens with two attached hydrogens (primary N) is 1. The molecule has 0 radical (unpaired) electrons. The van der Waals surface area contributed by atoms with Crippen molar-refractivity contribution in [1.29, 1.82) is 0 Å². The van der Waals surface area contributed by atoms with Crippen LogP contribution in [-0.2, 0) is 0 Å². The molecule has 3 nitrogen and oxygen atoms in total.